The van der Waals surface area contributed by atoms with E-state index in [9.17, 15) is 4.79 Å². The quantitative estimate of drug-likeness (QED) is 0.696. The van der Waals surface area contributed by atoms with Crippen LogP contribution in [0.5, 0.6) is 11.5 Å². The van der Waals surface area contributed by atoms with E-state index in [1.54, 1.807) is 23.8 Å². The molecule has 0 saturated carbocycles. The number of amides is 1. The van der Waals surface area contributed by atoms with E-state index in [1.807, 2.05) is 48.5 Å². The molecule has 1 aliphatic heterocycles. The molecule has 2 heterocycles. The Kier molecular flexibility index (Phi) is 4.50. The summed E-state index contributed by atoms with van der Waals surface area (Å²) in [5.74, 6) is 2.09. The predicted octanol–water partition coefficient (Wildman–Crippen LogP) is 2.81. The molecule has 0 spiro atoms. The minimum absolute atomic E-state index is 0.0408. The van der Waals surface area contributed by atoms with E-state index in [0.717, 1.165) is 17.2 Å². The van der Waals surface area contributed by atoms with Crippen LogP contribution in [-0.2, 0) is 4.79 Å². The second-order valence-electron chi connectivity index (χ2n) is 6.28. The van der Waals surface area contributed by atoms with Gasteiger partial charge < -0.3 is 14.4 Å². The number of carbonyl (C=O) groups is 1. The number of aromatic nitrogens is 3. The molecule has 7 heteroatoms. The Bertz CT molecular complexity index is 969. The topological polar surface area (TPSA) is 69.5 Å². The van der Waals surface area contributed by atoms with Crippen molar-refractivity contribution in [2.24, 2.45) is 0 Å². The van der Waals surface area contributed by atoms with Crippen LogP contribution in [0, 0.1) is 0 Å². The predicted molar refractivity (Wildman–Crippen MR) is 101 cm³/mol. The zero-order chi connectivity index (χ0) is 18.8. The zero-order valence-electron chi connectivity index (χ0n) is 15.2. The van der Waals surface area contributed by atoms with Gasteiger partial charge in [0.05, 0.1) is 19.9 Å². The first-order valence-electron chi connectivity index (χ1n) is 8.69. The van der Waals surface area contributed by atoms with Gasteiger partial charge in [-0.25, -0.2) is 9.67 Å². The van der Waals surface area contributed by atoms with Crippen molar-refractivity contribution in [3.05, 3.63) is 60.7 Å². The van der Waals surface area contributed by atoms with Crippen molar-refractivity contribution in [3.63, 3.8) is 0 Å². The Morgan fingerprint density at radius 2 is 1.59 bits per heavy atom. The summed E-state index contributed by atoms with van der Waals surface area (Å²) in [6.07, 6.45) is 1.88. The van der Waals surface area contributed by atoms with Crippen LogP contribution in [0.15, 0.2) is 54.9 Å². The summed E-state index contributed by atoms with van der Waals surface area (Å²) in [7, 11) is 3.23. The van der Waals surface area contributed by atoms with Crippen molar-refractivity contribution in [1.82, 2.24) is 14.8 Å². The van der Waals surface area contributed by atoms with Crippen LogP contribution in [0.1, 0.15) is 18.2 Å². The Morgan fingerprint density at radius 1 is 0.963 bits per heavy atom. The number of ether oxygens (including phenoxy) is 2. The number of anilines is 1. The smallest absolute Gasteiger partial charge is 0.227 e. The maximum absolute atomic E-state index is 12.7. The third-order valence-corrected chi connectivity index (χ3v) is 4.75. The molecule has 1 amide bonds. The van der Waals surface area contributed by atoms with Gasteiger partial charge in [-0.05, 0) is 24.3 Å². The average molecular weight is 364 g/mol. The van der Waals surface area contributed by atoms with E-state index in [1.165, 1.54) is 6.33 Å². The SMILES string of the molecule is COc1ccccc1N1C[C@H](c2ncnn2-c2ccccc2OC)CC1=O. The molecule has 1 aliphatic rings. The molecule has 0 N–H and O–H groups in total. The van der Waals surface area contributed by atoms with Crippen LogP contribution in [0.2, 0.25) is 0 Å². The maximum atomic E-state index is 12.7. The largest absolute Gasteiger partial charge is 0.495 e. The lowest BCUT2D eigenvalue weighted by Gasteiger charge is -2.19. The van der Waals surface area contributed by atoms with Crippen LogP contribution < -0.4 is 14.4 Å². The fourth-order valence-electron chi connectivity index (χ4n) is 3.49. The molecule has 4 rings (SSSR count). The third-order valence-electron chi connectivity index (χ3n) is 4.75. The Hall–Kier alpha value is -3.35. The number of hydrogen-bond donors (Lipinski definition) is 0. The highest BCUT2D eigenvalue weighted by atomic mass is 16.5. The number of methoxy groups -OCH3 is 2. The molecule has 0 bridgehead atoms. The molecule has 3 aromatic rings. The van der Waals surface area contributed by atoms with E-state index in [0.29, 0.717) is 24.5 Å². The Labute approximate surface area is 157 Å². The Balaban J connectivity index is 1.67. The number of nitrogens with zero attached hydrogens (tertiary/aromatic N) is 4. The van der Waals surface area contributed by atoms with Crippen LogP contribution in [0.25, 0.3) is 5.69 Å². The molecule has 0 aliphatic carbocycles. The monoisotopic (exact) mass is 364 g/mol. The molecule has 1 fully saturated rings. The van der Waals surface area contributed by atoms with Gasteiger partial charge in [-0.3, -0.25) is 4.79 Å². The summed E-state index contributed by atoms with van der Waals surface area (Å²) in [5, 5.41) is 4.37. The minimum atomic E-state index is -0.0742. The molecule has 2 aromatic carbocycles. The summed E-state index contributed by atoms with van der Waals surface area (Å²) in [6, 6.07) is 15.2. The van der Waals surface area contributed by atoms with Crippen molar-refractivity contribution in [1.29, 1.82) is 0 Å². The highest BCUT2D eigenvalue weighted by molar-refractivity contribution is 5.97. The van der Waals surface area contributed by atoms with Gasteiger partial charge in [-0.15, -0.1) is 0 Å². The molecule has 0 unspecified atom stereocenters. The molecule has 1 atom stereocenters. The van der Waals surface area contributed by atoms with Gasteiger partial charge in [0.15, 0.2) is 0 Å². The zero-order valence-corrected chi connectivity index (χ0v) is 15.2. The highest BCUT2D eigenvalue weighted by Crippen LogP contribution is 2.36. The minimum Gasteiger partial charge on any atom is -0.495 e. The molecular weight excluding hydrogens is 344 g/mol. The lowest BCUT2D eigenvalue weighted by Crippen LogP contribution is -2.25. The van der Waals surface area contributed by atoms with Gasteiger partial charge >= 0.3 is 0 Å². The molecule has 138 valence electrons. The molecular formula is C20H20N4O3. The summed E-state index contributed by atoms with van der Waals surface area (Å²) >= 11 is 0. The van der Waals surface area contributed by atoms with Gasteiger partial charge in [0.25, 0.3) is 0 Å². The van der Waals surface area contributed by atoms with E-state index < -0.39 is 0 Å². The van der Waals surface area contributed by atoms with Gasteiger partial charge in [-0.1, -0.05) is 24.3 Å². The van der Waals surface area contributed by atoms with Crippen molar-refractivity contribution >= 4 is 11.6 Å². The molecule has 0 radical (unpaired) electrons. The fraction of sp³-hybridized carbons (Fsp3) is 0.250. The number of para-hydroxylation sites is 4. The van der Waals surface area contributed by atoms with Gasteiger partial charge in [0.1, 0.15) is 29.3 Å². The summed E-state index contributed by atoms with van der Waals surface area (Å²) in [5.41, 5.74) is 1.58. The third kappa shape index (κ3) is 3.01. The Morgan fingerprint density at radius 3 is 2.30 bits per heavy atom. The number of hydrogen-bond acceptors (Lipinski definition) is 5. The van der Waals surface area contributed by atoms with Crippen LogP contribution >= 0.6 is 0 Å². The van der Waals surface area contributed by atoms with Gasteiger partial charge in [0.2, 0.25) is 5.91 Å². The summed E-state index contributed by atoms with van der Waals surface area (Å²) in [4.78, 5) is 18.9. The van der Waals surface area contributed by atoms with Crippen LogP contribution in [0.4, 0.5) is 5.69 Å². The number of carbonyl (C=O) groups excluding carboxylic acids is 1. The first-order chi connectivity index (χ1) is 13.2. The summed E-state index contributed by atoms with van der Waals surface area (Å²) in [6.45, 7) is 0.521. The standard InChI is InChI=1S/C20H20N4O3/c1-26-17-9-5-3-7-15(17)23-12-14(11-19(23)25)20-21-13-22-24(20)16-8-4-6-10-18(16)27-2/h3-10,13-14H,11-12H2,1-2H3/t14-/m1/s1. The maximum Gasteiger partial charge on any atom is 0.227 e. The van der Waals surface area contributed by atoms with E-state index in [4.69, 9.17) is 9.47 Å². The number of benzene rings is 2. The van der Waals surface area contributed by atoms with E-state index in [2.05, 4.69) is 10.1 Å². The summed E-state index contributed by atoms with van der Waals surface area (Å²) < 4.78 is 12.6. The lowest BCUT2D eigenvalue weighted by atomic mass is 10.1. The second-order valence-corrected chi connectivity index (χ2v) is 6.28. The normalized spacial score (nSPS) is 16.6. The molecule has 27 heavy (non-hydrogen) atoms. The van der Waals surface area contributed by atoms with Crippen LogP contribution in [0.3, 0.4) is 0 Å². The van der Waals surface area contributed by atoms with Crippen LogP contribution in [-0.4, -0.2) is 41.4 Å². The number of rotatable bonds is 5. The average Bonchev–Trinajstić information content (AvgIpc) is 3.34. The molecule has 7 nitrogen and oxygen atoms in total. The lowest BCUT2D eigenvalue weighted by molar-refractivity contribution is -0.117. The van der Waals surface area contributed by atoms with Crippen molar-refractivity contribution in [3.8, 4) is 17.2 Å². The highest BCUT2D eigenvalue weighted by Gasteiger charge is 2.36. The van der Waals surface area contributed by atoms with Gasteiger partial charge in [0, 0.05) is 18.9 Å². The van der Waals surface area contributed by atoms with Crippen molar-refractivity contribution < 1.29 is 14.3 Å². The fourth-order valence-corrected chi connectivity index (χ4v) is 3.49. The molecule has 1 aromatic heterocycles. The van der Waals surface area contributed by atoms with Gasteiger partial charge in [-0.2, -0.15) is 5.10 Å². The van der Waals surface area contributed by atoms with E-state index >= 15 is 0 Å². The second kappa shape index (κ2) is 7.11. The first-order valence-corrected chi connectivity index (χ1v) is 8.69. The first kappa shape index (κ1) is 17.1. The van der Waals surface area contributed by atoms with E-state index in [-0.39, 0.29) is 11.8 Å². The van der Waals surface area contributed by atoms with Crippen molar-refractivity contribution in [2.45, 2.75) is 12.3 Å². The van der Waals surface area contributed by atoms with Crippen molar-refractivity contribution in [2.75, 3.05) is 25.7 Å². The molecule has 1 saturated heterocycles.